The van der Waals surface area contributed by atoms with E-state index in [-0.39, 0.29) is 12.0 Å². The van der Waals surface area contributed by atoms with E-state index in [4.69, 9.17) is 4.74 Å². The van der Waals surface area contributed by atoms with E-state index in [0.717, 1.165) is 22.2 Å². The summed E-state index contributed by atoms with van der Waals surface area (Å²) in [7, 11) is 0. The van der Waals surface area contributed by atoms with Crippen LogP contribution in [0.25, 0.3) is 0 Å². The molecule has 4 rings (SSSR count). The SMILES string of the molecule is Cc1ccc(CC(=O)N2CCOC(c3cccc(Nc4nccs4)n3)C2)cc1C. The first-order valence-electron chi connectivity index (χ1n) is 9.67. The molecule has 3 heterocycles. The molecule has 2 aromatic heterocycles. The zero-order valence-electron chi connectivity index (χ0n) is 16.6. The second-order valence-corrected chi connectivity index (χ2v) is 8.10. The minimum Gasteiger partial charge on any atom is -0.368 e. The summed E-state index contributed by atoms with van der Waals surface area (Å²) < 4.78 is 5.92. The van der Waals surface area contributed by atoms with Crippen molar-refractivity contribution in [3.05, 3.63) is 70.4 Å². The molecular weight excluding hydrogens is 384 g/mol. The third-order valence-electron chi connectivity index (χ3n) is 5.11. The first kappa shape index (κ1) is 19.5. The van der Waals surface area contributed by atoms with Crippen LogP contribution in [0.1, 0.15) is 28.5 Å². The number of nitrogens with one attached hydrogen (secondary N) is 1. The fourth-order valence-electron chi connectivity index (χ4n) is 3.35. The highest BCUT2D eigenvalue weighted by Crippen LogP contribution is 2.24. The van der Waals surface area contributed by atoms with Gasteiger partial charge in [-0.1, -0.05) is 24.3 Å². The highest BCUT2D eigenvalue weighted by molar-refractivity contribution is 7.13. The van der Waals surface area contributed by atoms with Gasteiger partial charge in [0.15, 0.2) is 5.13 Å². The number of anilines is 2. The van der Waals surface area contributed by atoms with Crippen LogP contribution in [0.3, 0.4) is 0 Å². The molecule has 1 atom stereocenters. The number of nitrogens with zero attached hydrogens (tertiary/aromatic N) is 3. The van der Waals surface area contributed by atoms with E-state index in [1.54, 1.807) is 6.20 Å². The lowest BCUT2D eigenvalue weighted by atomic mass is 10.0. The van der Waals surface area contributed by atoms with Gasteiger partial charge in [0.1, 0.15) is 11.9 Å². The van der Waals surface area contributed by atoms with Gasteiger partial charge in [0.25, 0.3) is 0 Å². The number of thiazole rings is 1. The number of aryl methyl sites for hydroxylation is 2. The van der Waals surface area contributed by atoms with Crippen molar-refractivity contribution in [2.24, 2.45) is 0 Å². The number of hydrogen-bond donors (Lipinski definition) is 1. The maximum Gasteiger partial charge on any atom is 0.227 e. The molecule has 7 heteroatoms. The molecule has 150 valence electrons. The van der Waals surface area contributed by atoms with Crippen molar-refractivity contribution in [1.82, 2.24) is 14.9 Å². The van der Waals surface area contributed by atoms with Crippen LogP contribution in [0.4, 0.5) is 10.9 Å². The first-order valence-corrected chi connectivity index (χ1v) is 10.6. The monoisotopic (exact) mass is 408 g/mol. The molecule has 0 bridgehead atoms. The highest BCUT2D eigenvalue weighted by Gasteiger charge is 2.26. The molecule has 1 unspecified atom stereocenters. The number of rotatable bonds is 5. The normalized spacial score (nSPS) is 16.6. The van der Waals surface area contributed by atoms with Gasteiger partial charge in [-0.15, -0.1) is 11.3 Å². The van der Waals surface area contributed by atoms with Gasteiger partial charge in [0, 0.05) is 18.1 Å². The lowest BCUT2D eigenvalue weighted by molar-refractivity contribution is -0.138. The van der Waals surface area contributed by atoms with Crippen LogP contribution in [-0.2, 0) is 16.0 Å². The average molecular weight is 409 g/mol. The Balaban J connectivity index is 1.42. The number of hydrogen-bond acceptors (Lipinski definition) is 6. The van der Waals surface area contributed by atoms with Crippen LogP contribution < -0.4 is 5.32 Å². The molecule has 29 heavy (non-hydrogen) atoms. The van der Waals surface area contributed by atoms with Crippen molar-refractivity contribution in [1.29, 1.82) is 0 Å². The molecular formula is C22H24N4O2S. The van der Waals surface area contributed by atoms with Crippen LogP contribution >= 0.6 is 11.3 Å². The number of benzene rings is 1. The lowest BCUT2D eigenvalue weighted by Crippen LogP contribution is -2.43. The van der Waals surface area contributed by atoms with Gasteiger partial charge in [-0.3, -0.25) is 4.79 Å². The van der Waals surface area contributed by atoms with Crippen molar-refractivity contribution >= 4 is 28.2 Å². The zero-order valence-corrected chi connectivity index (χ0v) is 17.4. The van der Waals surface area contributed by atoms with E-state index in [1.807, 2.05) is 34.5 Å². The van der Waals surface area contributed by atoms with E-state index in [9.17, 15) is 4.79 Å². The number of carbonyl (C=O) groups is 1. The zero-order chi connectivity index (χ0) is 20.2. The highest BCUT2D eigenvalue weighted by atomic mass is 32.1. The molecule has 3 aromatic rings. The van der Waals surface area contributed by atoms with Crippen LogP contribution in [0, 0.1) is 13.8 Å². The van der Waals surface area contributed by atoms with E-state index in [0.29, 0.717) is 26.1 Å². The summed E-state index contributed by atoms with van der Waals surface area (Å²) in [6.07, 6.45) is 1.93. The maximum absolute atomic E-state index is 12.8. The van der Waals surface area contributed by atoms with Gasteiger partial charge in [0.05, 0.1) is 25.3 Å². The van der Waals surface area contributed by atoms with Crippen molar-refractivity contribution in [3.63, 3.8) is 0 Å². The predicted octanol–water partition coefficient (Wildman–Crippen LogP) is 4.04. The number of ether oxygens (including phenoxy) is 1. The fraction of sp³-hybridized carbons (Fsp3) is 0.318. The fourth-order valence-corrected chi connectivity index (χ4v) is 3.89. The first-order chi connectivity index (χ1) is 14.1. The number of aromatic nitrogens is 2. The van der Waals surface area contributed by atoms with E-state index >= 15 is 0 Å². The number of amides is 1. The largest absolute Gasteiger partial charge is 0.368 e. The third-order valence-corrected chi connectivity index (χ3v) is 5.80. The Morgan fingerprint density at radius 1 is 1.28 bits per heavy atom. The molecule has 0 spiro atoms. The maximum atomic E-state index is 12.8. The minimum atomic E-state index is -0.231. The molecule has 6 nitrogen and oxygen atoms in total. The Bertz CT molecular complexity index is 990. The molecule has 1 saturated heterocycles. The van der Waals surface area contributed by atoms with Gasteiger partial charge in [-0.25, -0.2) is 9.97 Å². The summed E-state index contributed by atoms with van der Waals surface area (Å²) in [6, 6.07) is 12.0. The molecule has 0 aliphatic carbocycles. The van der Waals surface area contributed by atoms with E-state index in [2.05, 4.69) is 41.3 Å². The average Bonchev–Trinajstić information content (AvgIpc) is 3.24. The summed E-state index contributed by atoms with van der Waals surface area (Å²) in [5.41, 5.74) is 4.32. The quantitative estimate of drug-likeness (QED) is 0.690. The molecule has 1 aliphatic rings. The standard InChI is InChI=1S/C22H24N4O2S/c1-15-6-7-17(12-16(15)2)13-21(27)26-9-10-28-19(14-26)18-4-3-5-20(24-18)25-22-23-8-11-29-22/h3-8,11-12,19H,9-10,13-14H2,1-2H3,(H,23,24,25). The molecule has 0 saturated carbocycles. The summed E-state index contributed by atoms with van der Waals surface area (Å²) in [6.45, 7) is 5.79. The lowest BCUT2D eigenvalue weighted by Gasteiger charge is -2.33. The topological polar surface area (TPSA) is 67.3 Å². The second kappa shape index (κ2) is 8.71. The van der Waals surface area contributed by atoms with E-state index in [1.165, 1.54) is 22.5 Å². The van der Waals surface area contributed by atoms with Crippen molar-refractivity contribution in [2.75, 3.05) is 25.0 Å². The smallest absolute Gasteiger partial charge is 0.227 e. The Morgan fingerprint density at radius 3 is 2.97 bits per heavy atom. The molecule has 0 radical (unpaired) electrons. The predicted molar refractivity (Wildman–Crippen MR) is 115 cm³/mol. The third kappa shape index (κ3) is 4.81. The molecule has 1 aromatic carbocycles. The van der Waals surface area contributed by atoms with Gasteiger partial charge >= 0.3 is 0 Å². The van der Waals surface area contributed by atoms with E-state index < -0.39 is 0 Å². The van der Waals surface area contributed by atoms with Crippen molar-refractivity contribution in [2.45, 2.75) is 26.4 Å². The van der Waals surface area contributed by atoms with Crippen molar-refractivity contribution in [3.8, 4) is 0 Å². The summed E-state index contributed by atoms with van der Waals surface area (Å²) >= 11 is 1.52. The number of morpholine rings is 1. The van der Waals surface area contributed by atoms with Crippen LogP contribution in [0.15, 0.2) is 48.0 Å². The Morgan fingerprint density at radius 2 is 2.17 bits per heavy atom. The molecule has 1 aliphatic heterocycles. The minimum absolute atomic E-state index is 0.124. The van der Waals surface area contributed by atoms with Gasteiger partial charge in [-0.05, 0) is 42.7 Å². The van der Waals surface area contributed by atoms with Crippen LogP contribution in [-0.4, -0.2) is 40.5 Å². The molecule has 1 amide bonds. The summed E-state index contributed by atoms with van der Waals surface area (Å²) in [5, 5.41) is 5.91. The number of pyridine rings is 1. The van der Waals surface area contributed by atoms with Gasteiger partial charge < -0.3 is 15.0 Å². The summed E-state index contributed by atoms with van der Waals surface area (Å²) in [4.78, 5) is 23.6. The second-order valence-electron chi connectivity index (χ2n) is 7.20. The molecule has 1 N–H and O–H groups in total. The molecule has 1 fully saturated rings. The van der Waals surface area contributed by atoms with Crippen LogP contribution in [0.5, 0.6) is 0 Å². The number of carbonyl (C=O) groups excluding carboxylic acids is 1. The summed E-state index contributed by atoms with van der Waals surface area (Å²) in [5.74, 6) is 0.846. The Hall–Kier alpha value is -2.77. The Labute approximate surface area is 174 Å². The van der Waals surface area contributed by atoms with Crippen LogP contribution in [0.2, 0.25) is 0 Å². The van der Waals surface area contributed by atoms with Crippen molar-refractivity contribution < 1.29 is 9.53 Å². The van der Waals surface area contributed by atoms with Gasteiger partial charge in [-0.2, -0.15) is 0 Å². The Kier molecular flexibility index (Phi) is 5.87. The van der Waals surface area contributed by atoms with Gasteiger partial charge in [0.2, 0.25) is 5.91 Å².